The predicted octanol–water partition coefficient (Wildman–Crippen LogP) is 4.99. The zero-order chi connectivity index (χ0) is 16.7. The summed E-state index contributed by atoms with van der Waals surface area (Å²) in [7, 11) is 0. The second-order valence-corrected chi connectivity index (χ2v) is 6.84. The van der Waals surface area contributed by atoms with E-state index in [4.69, 9.17) is 0 Å². The van der Waals surface area contributed by atoms with Gasteiger partial charge in [-0.2, -0.15) is 0 Å². The Kier molecular flexibility index (Phi) is 3.89. The van der Waals surface area contributed by atoms with Gasteiger partial charge in [-0.3, -0.25) is 0 Å². The van der Waals surface area contributed by atoms with Crippen LogP contribution in [-0.4, -0.2) is 17.7 Å². The van der Waals surface area contributed by atoms with Crippen LogP contribution in [0, 0.1) is 19.7 Å². The summed E-state index contributed by atoms with van der Waals surface area (Å²) in [5, 5.41) is 4.73. The van der Waals surface area contributed by atoms with Crippen molar-refractivity contribution in [2.45, 2.75) is 32.7 Å². The van der Waals surface area contributed by atoms with Crippen LogP contribution in [0.1, 0.15) is 30.1 Å². The van der Waals surface area contributed by atoms with Gasteiger partial charge in [0, 0.05) is 28.2 Å². The van der Waals surface area contributed by atoms with Gasteiger partial charge in [-0.1, -0.05) is 23.8 Å². The SMILES string of the molecule is Cc1ccc2c(c1)c(-c1ccc(F)cc1)c(C)n2C1CCNCC1. The van der Waals surface area contributed by atoms with Crippen molar-refractivity contribution in [1.82, 2.24) is 9.88 Å². The lowest BCUT2D eigenvalue weighted by Gasteiger charge is -2.26. The standard InChI is InChI=1S/C21H23FN2/c1-14-3-8-20-19(13-14)21(16-4-6-17(22)7-5-16)15(2)24(20)18-9-11-23-12-10-18/h3-8,13,18,23H,9-12H2,1-2H3. The Morgan fingerprint density at radius 3 is 2.42 bits per heavy atom. The molecule has 3 heteroatoms. The van der Waals surface area contributed by atoms with Crippen LogP contribution in [0.3, 0.4) is 0 Å². The molecule has 1 N–H and O–H groups in total. The molecule has 4 rings (SSSR count). The molecule has 0 saturated carbocycles. The minimum absolute atomic E-state index is 0.185. The van der Waals surface area contributed by atoms with Crippen LogP contribution < -0.4 is 5.32 Å². The van der Waals surface area contributed by atoms with Crippen molar-refractivity contribution >= 4 is 10.9 Å². The minimum atomic E-state index is -0.185. The van der Waals surface area contributed by atoms with Gasteiger partial charge in [0.1, 0.15) is 5.82 Å². The molecule has 2 heterocycles. The van der Waals surface area contributed by atoms with Crippen LogP contribution in [-0.2, 0) is 0 Å². The molecule has 24 heavy (non-hydrogen) atoms. The van der Waals surface area contributed by atoms with E-state index in [1.165, 1.54) is 27.7 Å². The molecule has 124 valence electrons. The number of nitrogens with zero attached hydrogens (tertiary/aromatic N) is 1. The third kappa shape index (κ3) is 2.53. The third-order valence-corrected chi connectivity index (χ3v) is 5.21. The maximum Gasteiger partial charge on any atom is 0.123 e. The van der Waals surface area contributed by atoms with Gasteiger partial charge in [0.2, 0.25) is 0 Å². The number of piperidine rings is 1. The van der Waals surface area contributed by atoms with E-state index in [0.29, 0.717) is 6.04 Å². The fraction of sp³-hybridized carbons (Fsp3) is 0.333. The number of hydrogen-bond acceptors (Lipinski definition) is 1. The van der Waals surface area contributed by atoms with Gasteiger partial charge >= 0.3 is 0 Å². The molecule has 0 unspecified atom stereocenters. The van der Waals surface area contributed by atoms with E-state index in [1.54, 1.807) is 12.1 Å². The van der Waals surface area contributed by atoms with Crippen molar-refractivity contribution in [3.8, 4) is 11.1 Å². The van der Waals surface area contributed by atoms with Crippen molar-refractivity contribution in [2.24, 2.45) is 0 Å². The normalized spacial score (nSPS) is 16.0. The number of nitrogens with one attached hydrogen (secondary N) is 1. The average molecular weight is 322 g/mol. The molecule has 0 atom stereocenters. The van der Waals surface area contributed by atoms with E-state index < -0.39 is 0 Å². The second-order valence-electron chi connectivity index (χ2n) is 6.84. The Labute approximate surface area is 142 Å². The highest BCUT2D eigenvalue weighted by Crippen LogP contribution is 2.38. The van der Waals surface area contributed by atoms with Gasteiger partial charge in [0.15, 0.2) is 0 Å². The van der Waals surface area contributed by atoms with Crippen LogP contribution in [0.25, 0.3) is 22.0 Å². The van der Waals surface area contributed by atoms with Crippen molar-refractivity contribution in [1.29, 1.82) is 0 Å². The molecular formula is C21H23FN2. The molecule has 1 aliphatic heterocycles. The van der Waals surface area contributed by atoms with Gasteiger partial charge in [0.25, 0.3) is 0 Å². The molecule has 0 aliphatic carbocycles. The summed E-state index contributed by atoms with van der Waals surface area (Å²) in [6.45, 7) is 6.48. The summed E-state index contributed by atoms with van der Waals surface area (Å²) in [4.78, 5) is 0. The third-order valence-electron chi connectivity index (χ3n) is 5.21. The average Bonchev–Trinajstić information content (AvgIpc) is 2.88. The highest BCUT2D eigenvalue weighted by atomic mass is 19.1. The van der Waals surface area contributed by atoms with Crippen molar-refractivity contribution < 1.29 is 4.39 Å². The first-order chi connectivity index (χ1) is 11.6. The molecule has 2 aromatic carbocycles. The molecule has 1 fully saturated rings. The lowest BCUT2D eigenvalue weighted by Crippen LogP contribution is -2.29. The summed E-state index contributed by atoms with van der Waals surface area (Å²) >= 11 is 0. The number of rotatable bonds is 2. The van der Waals surface area contributed by atoms with Gasteiger partial charge in [0.05, 0.1) is 0 Å². The number of halogens is 1. The largest absolute Gasteiger partial charge is 0.341 e. The van der Waals surface area contributed by atoms with Gasteiger partial charge < -0.3 is 9.88 Å². The first-order valence-corrected chi connectivity index (χ1v) is 8.73. The second kappa shape index (κ2) is 6.06. The number of fused-ring (bicyclic) bond motifs is 1. The fourth-order valence-electron chi connectivity index (χ4n) is 4.07. The maximum atomic E-state index is 13.4. The minimum Gasteiger partial charge on any atom is -0.341 e. The zero-order valence-corrected chi connectivity index (χ0v) is 14.3. The van der Waals surface area contributed by atoms with Crippen LogP contribution >= 0.6 is 0 Å². The highest BCUT2D eigenvalue weighted by molar-refractivity contribution is 5.98. The van der Waals surface area contributed by atoms with E-state index in [-0.39, 0.29) is 5.82 Å². The fourth-order valence-corrected chi connectivity index (χ4v) is 4.07. The molecule has 1 aliphatic rings. The number of aryl methyl sites for hydroxylation is 1. The van der Waals surface area contributed by atoms with Gasteiger partial charge in [-0.25, -0.2) is 4.39 Å². The topological polar surface area (TPSA) is 17.0 Å². The lowest BCUT2D eigenvalue weighted by molar-refractivity contribution is 0.372. The van der Waals surface area contributed by atoms with Crippen molar-refractivity contribution in [3.05, 3.63) is 59.5 Å². The van der Waals surface area contributed by atoms with E-state index >= 15 is 0 Å². The Balaban J connectivity index is 1.96. The summed E-state index contributed by atoms with van der Waals surface area (Å²) in [5.41, 5.74) is 6.18. The van der Waals surface area contributed by atoms with Crippen LogP contribution in [0.4, 0.5) is 4.39 Å². The lowest BCUT2D eigenvalue weighted by atomic mass is 10.0. The van der Waals surface area contributed by atoms with Gasteiger partial charge in [-0.05, 0) is 69.6 Å². The van der Waals surface area contributed by atoms with E-state index in [0.717, 1.165) is 31.5 Å². The number of benzene rings is 2. The molecular weight excluding hydrogens is 299 g/mol. The van der Waals surface area contributed by atoms with Crippen LogP contribution in [0.2, 0.25) is 0 Å². The van der Waals surface area contributed by atoms with E-state index in [1.807, 2.05) is 12.1 Å². The molecule has 0 amide bonds. The van der Waals surface area contributed by atoms with E-state index in [2.05, 4.69) is 41.9 Å². The molecule has 1 saturated heterocycles. The summed E-state index contributed by atoms with van der Waals surface area (Å²) in [6, 6.07) is 14.1. The zero-order valence-electron chi connectivity index (χ0n) is 14.3. The summed E-state index contributed by atoms with van der Waals surface area (Å²) < 4.78 is 15.9. The van der Waals surface area contributed by atoms with Crippen LogP contribution in [0.15, 0.2) is 42.5 Å². The maximum absolute atomic E-state index is 13.4. The molecule has 0 spiro atoms. The Hall–Kier alpha value is -2.13. The molecule has 3 aromatic rings. The summed E-state index contributed by atoms with van der Waals surface area (Å²) in [5.74, 6) is -0.185. The molecule has 0 bridgehead atoms. The molecule has 1 aromatic heterocycles. The number of aromatic nitrogens is 1. The Morgan fingerprint density at radius 1 is 1.00 bits per heavy atom. The Morgan fingerprint density at radius 2 is 1.71 bits per heavy atom. The first-order valence-electron chi connectivity index (χ1n) is 8.73. The monoisotopic (exact) mass is 322 g/mol. The van der Waals surface area contributed by atoms with E-state index in [9.17, 15) is 4.39 Å². The Bertz CT molecular complexity index is 871. The van der Waals surface area contributed by atoms with Crippen molar-refractivity contribution in [3.63, 3.8) is 0 Å². The molecule has 0 radical (unpaired) electrons. The smallest absolute Gasteiger partial charge is 0.123 e. The van der Waals surface area contributed by atoms with Gasteiger partial charge in [-0.15, -0.1) is 0 Å². The van der Waals surface area contributed by atoms with Crippen molar-refractivity contribution in [2.75, 3.05) is 13.1 Å². The first kappa shape index (κ1) is 15.4. The number of hydrogen-bond donors (Lipinski definition) is 1. The predicted molar refractivity (Wildman–Crippen MR) is 97.9 cm³/mol. The highest BCUT2D eigenvalue weighted by Gasteiger charge is 2.22. The quantitative estimate of drug-likeness (QED) is 0.703. The van der Waals surface area contributed by atoms with Crippen LogP contribution in [0.5, 0.6) is 0 Å². The summed E-state index contributed by atoms with van der Waals surface area (Å²) in [6.07, 6.45) is 2.31. The molecule has 2 nitrogen and oxygen atoms in total.